The maximum Gasteiger partial charge on any atom is 0.140 e. The molecule has 0 radical (unpaired) electrons. The SMILES string of the molecule is CC1=CC2=NN(S)N=S2C(C)=N1. The highest BCUT2D eigenvalue weighted by molar-refractivity contribution is 8.16. The molecule has 0 aromatic heterocycles. The van der Waals surface area contributed by atoms with Gasteiger partial charge in [-0.15, -0.1) is 14.1 Å². The van der Waals surface area contributed by atoms with Crippen molar-refractivity contribution in [3.8, 4) is 0 Å². The predicted molar refractivity (Wildman–Crippen MR) is 54.9 cm³/mol. The first-order valence-corrected chi connectivity index (χ1v) is 5.02. The van der Waals surface area contributed by atoms with Crippen molar-refractivity contribution in [3.05, 3.63) is 11.8 Å². The Labute approximate surface area is 78.7 Å². The molecule has 2 aliphatic heterocycles. The molecule has 2 heterocycles. The second-order valence-electron chi connectivity index (χ2n) is 2.49. The van der Waals surface area contributed by atoms with E-state index in [1.807, 2.05) is 19.9 Å². The molecule has 6 heteroatoms. The first kappa shape index (κ1) is 8.00. The lowest BCUT2D eigenvalue weighted by molar-refractivity contribution is 0.570. The van der Waals surface area contributed by atoms with E-state index in [9.17, 15) is 0 Å². The third kappa shape index (κ3) is 1.21. The lowest BCUT2D eigenvalue weighted by atomic mass is 10.4. The fourth-order valence-electron chi connectivity index (χ4n) is 1.06. The summed E-state index contributed by atoms with van der Waals surface area (Å²) in [6.07, 6.45) is 1.94. The number of nitrogens with zero attached hydrogens (tertiary/aromatic N) is 4. The Morgan fingerprint density at radius 1 is 1.50 bits per heavy atom. The van der Waals surface area contributed by atoms with Gasteiger partial charge in [0, 0.05) is 16.4 Å². The summed E-state index contributed by atoms with van der Waals surface area (Å²) in [6.45, 7) is 3.92. The highest BCUT2D eigenvalue weighted by Crippen LogP contribution is 2.18. The molecule has 64 valence electrons. The van der Waals surface area contributed by atoms with Crippen molar-refractivity contribution in [2.24, 2.45) is 14.6 Å². The molecule has 0 aromatic carbocycles. The first-order valence-electron chi connectivity index (χ1n) is 3.44. The molecule has 0 fully saturated rings. The van der Waals surface area contributed by atoms with E-state index >= 15 is 0 Å². The molecule has 0 aliphatic carbocycles. The summed E-state index contributed by atoms with van der Waals surface area (Å²) in [4.78, 5) is 4.31. The van der Waals surface area contributed by atoms with Crippen LogP contribution in [0, 0.1) is 0 Å². The molecule has 0 saturated heterocycles. The van der Waals surface area contributed by atoms with Crippen LogP contribution in [0.25, 0.3) is 0 Å². The summed E-state index contributed by atoms with van der Waals surface area (Å²) in [5.74, 6) is 0. The van der Waals surface area contributed by atoms with Gasteiger partial charge in [0.1, 0.15) is 5.04 Å². The molecule has 1 unspecified atom stereocenters. The number of allylic oxidation sites excluding steroid dienone is 1. The molecular formula is C6H8N4S2. The number of thiol groups is 1. The van der Waals surface area contributed by atoms with Crippen LogP contribution in [0.15, 0.2) is 26.3 Å². The lowest BCUT2D eigenvalue weighted by Gasteiger charge is -2.06. The van der Waals surface area contributed by atoms with E-state index in [-0.39, 0.29) is 10.7 Å². The topological polar surface area (TPSA) is 40.3 Å². The van der Waals surface area contributed by atoms with Crippen LogP contribution in [0.4, 0.5) is 0 Å². The summed E-state index contributed by atoms with van der Waals surface area (Å²) in [6, 6.07) is 0. The van der Waals surface area contributed by atoms with E-state index in [4.69, 9.17) is 0 Å². The lowest BCUT2D eigenvalue weighted by Crippen LogP contribution is -2.13. The molecule has 0 saturated carbocycles. The van der Waals surface area contributed by atoms with Crippen LogP contribution in [0.3, 0.4) is 0 Å². The first-order chi connectivity index (χ1) is 5.66. The molecule has 0 amide bonds. The molecule has 0 bridgehead atoms. The summed E-state index contributed by atoms with van der Waals surface area (Å²) in [7, 11) is -0.283. The van der Waals surface area contributed by atoms with Gasteiger partial charge in [0.2, 0.25) is 0 Å². The van der Waals surface area contributed by atoms with Gasteiger partial charge < -0.3 is 0 Å². The Bertz CT molecular complexity index is 353. The Morgan fingerprint density at radius 3 is 3.00 bits per heavy atom. The molecule has 4 nitrogen and oxygen atoms in total. The highest BCUT2D eigenvalue weighted by atomic mass is 32.2. The summed E-state index contributed by atoms with van der Waals surface area (Å²) < 4.78 is 5.48. The van der Waals surface area contributed by atoms with Crippen LogP contribution in [0.5, 0.6) is 0 Å². The van der Waals surface area contributed by atoms with Crippen molar-refractivity contribution in [3.63, 3.8) is 0 Å². The number of rotatable bonds is 0. The van der Waals surface area contributed by atoms with Gasteiger partial charge in [0.05, 0.1) is 5.04 Å². The third-order valence-electron chi connectivity index (χ3n) is 1.49. The standard InChI is InChI=1S/C6H8N4S2/c1-4-3-6-8-10(11)9-12(6)5(2)7-4/h3,11H,1-2H3. The van der Waals surface area contributed by atoms with Gasteiger partial charge in [-0.25, -0.2) is 0 Å². The fourth-order valence-corrected chi connectivity index (χ4v) is 2.79. The number of fused-ring (bicyclic) bond motifs is 1. The monoisotopic (exact) mass is 200 g/mol. The zero-order valence-corrected chi connectivity index (χ0v) is 8.43. The van der Waals surface area contributed by atoms with Crippen LogP contribution in [0.1, 0.15) is 13.8 Å². The predicted octanol–water partition coefficient (Wildman–Crippen LogP) is 1.51. The van der Waals surface area contributed by atoms with Crippen LogP contribution in [0.2, 0.25) is 0 Å². The maximum absolute atomic E-state index is 4.31. The zero-order chi connectivity index (χ0) is 8.72. The molecule has 0 aromatic rings. The average Bonchev–Trinajstić information content (AvgIpc) is 2.29. The summed E-state index contributed by atoms with van der Waals surface area (Å²) >= 11 is 4.02. The number of aliphatic imine (C=N–C) groups is 1. The van der Waals surface area contributed by atoms with Gasteiger partial charge in [-0.1, -0.05) is 0 Å². The fraction of sp³-hybridized carbons (Fsp3) is 0.333. The summed E-state index contributed by atoms with van der Waals surface area (Å²) in [5.41, 5.74) is 0.980. The van der Waals surface area contributed by atoms with Gasteiger partial charge in [-0.05, 0) is 32.7 Å². The highest BCUT2D eigenvalue weighted by Gasteiger charge is 2.20. The molecular weight excluding hydrogens is 192 g/mol. The second kappa shape index (κ2) is 2.70. The van der Waals surface area contributed by atoms with E-state index in [0.717, 1.165) is 15.8 Å². The van der Waals surface area contributed by atoms with Crippen LogP contribution in [-0.4, -0.2) is 14.6 Å². The van der Waals surface area contributed by atoms with Crippen LogP contribution in [-0.2, 0) is 10.7 Å². The van der Waals surface area contributed by atoms with Crippen molar-refractivity contribution < 1.29 is 0 Å². The Kier molecular flexibility index (Phi) is 1.80. The van der Waals surface area contributed by atoms with Crippen molar-refractivity contribution in [2.45, 2.75) is 13.8 Å². The van der Waals surface area contributed by atoms with E-state index in [1.165, 1.54) is 4.52 Å². The van der Waals surface area contributed by atoms with E-state index in [2.05, 4.69) is 27.4 Å². The van der Waals surface area contributed by atoms with E-state index in [1.54, 1.807) is 0 Å². The Hall–Kier alpha value is -0.620. The largest absolute Gasteiger partial charge is 0.250 e. The minimum absolute atomic E-state index is 0.283. The molecule has 2 aliphatic rings. The maximum atomic E-state index is 4.31. The molecule has 0 N–H and O–H groups in total. The molecule has 12 heavy (non-hydrogen) atoms. The molecule has 0 spiro atoms. The van der Waals surface area contributed by atoms with Gasteiger partial charge in [-0.3, -0.25) is 4.99 Å². The minimum atomic E-state index is -0.283. The van der Waals surface area contributed by atoms with Gasteiger partial charge in [0.25, 0.3) is 0 Å². The molecule has 1 atom stereocenters. The number of hydrazone groups is 1. The van der Waals surface area contributed by atoms with Crippen LogP contribution >= 0.6 is 12.8 Å². The number of hydrogen-bond donors (Lipinski definition) is 1. The third-order valence-corrected chi connectivity index (χ3v) is 3.35. The molecule has 2 rings (SSSR count). The quantitative estimate of drug-likeness (QED) is 0.592. The van der Waals surface area contributed by atoms with Crippen molar-refractivity contribution in [1.82, 2.24) is 4.52 Å². The summed E-state index contributed by atoms with van der Waals surface area (Å²) in [5, 5.41) is 6.07. The van der Waals surface area contributed by atoms with Crippen molar-refractivity contribution in [2.75, 3.05) is 0 Å². The van der Waals surface area contributed by atoms with Gasteiger partial charge in [0.15, 0.2) is 0 Å². The van der Waals surface area contributed by atoms with Crippen molar-refractivity contribution in [1.29, 1.82) is 0 Å². The second-order valence-corrected chi connectivity index (χ2v) is 4.59. The normalized spacial score (nSPS) is 27.1. The average molecular weight is 200 g/mol. The zero-order valence-electron chi connectivity index (χ0n) is 6.72. The van der Waals surface area contributed by atoms with E-state index in [0.29, 0.717) is 0 Å². The van der Waals surface area contributed by atoms with Crippen molar-refractivity contribution >= 4 is 33.6 Å². The minimum Gasteiger partial charge on any atom is -0.250 e. The Balaban J connectivity index is 2.51. The van der Waals surface area contributed by atoms with E-state index < -0.39 is 0 Å². The Morgan fingerprint density at radius 2 is 2.25 bits per heavy atom. The smallest absolute Gasteiger partial charge is 0.140 e. The van der Waals surface area contributed by atoms with Gasteiger partial charge in [-0.2, -0.15) is 0 Å². The van der Waals surface area contributed by atoms with Gasteiger partial charge >= 0.3 is 0 Å². The number of hydrogen-bond acceptors (Lipinski definition) is 5. The van der Waals surface area contributed by atoms with Crippen LogP contribution < -0.4 is 0 Å².